The van der Waals surface area contributed by atoms with E-state index in [1.54, 1.807) is 11.0 Å². The van der Waals surface area contributed by atoms with E-state index in [4.69, 9.17) is 4.74 Å². The SMILES string of the molecule is COc1ccc(S(=O)(=O)NCC(C)c2ccccc2)cc1C(=O)N1CCCCC1. The van der Waals surface area contributed by atoms with Crippen LogP contribution >= 0.6 is 0 Å². The van der Waals surface area contributed by atoms with E-state index in [1.807, 2.05) is 37.3 Å². The minimum atomic E-state index is -3.75. The van der Waals surface area contributed by atoms with Gasteiger partial charge in [0.2, 0.25) is 10.0 Å². The third-order valence-electron chi connectivity index (χ3n) is 5.30. The molecule has 0 spiro atoms. The van der Waals surface area contributed by atoms with Crippen LogP contribution in [0.3, 0.4) is 0 Å². The maximum absolute atomic E-state index is 12.9. The summed E-state index contributed by atoms with van der Waals surface area (Å²) >= 11 is 0. The number of carbonyl (C=O) groups excluding carboxylic acids is 1. The predicted molar refractivity (Wildman–Crippen MR) is 113 cm³/mol. The van der Waals surface area contributed by atoms with Gasteiger partial charge < -0.3 is 9.64 Å². The third kappa shape index (κ3) is 5.16. The van der Waals surface area contributed by atoms with E-state index in [-0.39, 0.29) is 28.8 Å². The lowest BCUT2D eigenvalue weighted by molar-refractivity contribution is 0.0720. The third-order valence-corrected chi connectivity index (χ3v) is 6.72. The standard InChI is InChI=1S/C22H28N2O4S/c1-17(18-9-5-3-6-10-18)16-23-29(26,27)19-11-12-21(28-2)20(15-19)22(25)24-13-7-4-8-14-24/h3,5-6,9-12,15,17,23H,4,7-8,13-14,16H2,1-2H3. The number of hydrogen-bond donors (Lipinski definition) is 1. The Kier molecular flexibility index (Phi) is 6.92. The number of ether oxygens (including phenoxy) is 1. The Morgan fingerprint density at radius 2 is 1.79 bits per heavy atom. The van der Waals surface area contributed by atoms with Gasteiger partial charge in [-0.15, -0.1) is 0 Å². The van der Waals surface area contributed by atoms with E-state index >= 15 is 0 Å². The molecule has 2 aromatic carbocycles. The monoisotopic (exact) mass is 416 g/mol. The molecule has 1 aliphatic heterocycles. The maximum atomic E-state index is 12.9. The highest BCUT2D eigenvalue weighted by Crippen LogP contribution is 2.25. The summed E-state index contributed by atoms with van der Waals surface area (Å²) in [6.45, 7) is 3.61. The van der Waals surface area contributed by atoms with Gasteiger partial charge in [-0.1, -0.05) is 37.3 Å². The van der Waals surface area contributed by atoms with Crippen molar-refractivity contribution in [3.8, 4) is 5.75 Å². The van der Waals surface area contributed by atoms with Gasteiger partial charge in [-0.2, -0.15) is 0 Å². The summed E-state index contributed by atoms with van der Waals surface area (Å²) in [7, 11) is -2.27. The van der Waals surface area contributed by atoms with Gasteiger partial charge in [0.1, 0.15) is 5.75 Å². The van der Waals surface area contributed by atoms with Crippen molar-refractivity contribution in [3.05, 3.63) is 59.7 Å². The number of likely N-dealkylation sites (tertiary alicyclic amines) is 1. The molecule has 1 aliphatic rings. The highest BCUT2D eigenvalue weighted by Gasteiger charge is 2.24. The number of carbonyl (C=O) groups is 1. The van der Waals surface area contributed by atoms with Gasteiger partial charge in [0.05, 0.1) is 17.6 Å². The van der Waals surface area contributed by atoms with Crippen LogP contribution in [0.1, 0.15) is 48.0 Å². The molecule has 0 radical (unpaired) electrons. The lowest BCUT2D eigenvalue weighted by atomic mass is 10.0. The van der Waals surface area contributed by atoms with Gasteiger partial charge >= 0.3 is 0 Å². The Hall–Kier alpha value is -2.38. The number of methoxy groups -OCH3 is 1. The fourth-order valence-corrected chi connectivity index (χ4v) is 4.66. The first-order valence-electron chi connectivity index (χ1n) is 9.94. The van der Waals surface area contributed by atoms with Crippen LogP contribution in [0.5, 0.6) is 5.75 Å². The molecule has 0 bridgehead atoms. The molecule has 29 heavy (non-hydrogen) atoms. The molecule has 1 fully saturated rings. The lowest BCUT2D eigenvalue weighted by Crippen LogP contribution is -2.36. The van der Waals surface area contributed by atoms with Gasteiger partial charge in [0, 0.05) is 19.6 Å². The maximum Gasteiger partial charge on any atom is 0.257 e. The minimum Gasteiger partial charge on any atom is -0.496 e. The molecule has 0 aromatic heterocycles. The van der Waals surface area contributed by atoms with Crippen LogP contribution in [0.4, 0.5) is 0 Å². The molecule has 0 saturated carbocycles. The van der Waals surface area contributed by atoms with Gasteiger partial charge in [-0.3, -0.25) is 4.79 Å². The van der Waals surface area contributed by atoms with Crippen LogP contribution in [0, 0.1) is 0 Å². The molecule has 1 heterocycles. The molecule has 3 rings (SSSR count). The van der Waals surface area contributed by atoms with E-state index in [0.29, 0.717) is 18.8 Å². The number of amides is 1. The zero-order valence-electron chi connectivity index (χ0n) is 16.9. The number of sulfonamides is 1. The topological polar surface area (TPSA) is 75.7 Å². The summed E-state index contributed by atoms with van der Waals surface area (Å²) in [4.78, 5) is 14.8. The second-order valence-corrected chi connectivity index (χ2v) is 9.15. The Labute approximate surface area is 172 Å². The highest BCUT2D eigenvalue weighted by atomic mass is 32.2. The summed E-state index contributed by atoms with van der Waals surface area (Å²) in [5.74, 6) is 0.229. The van der Waals surface area contributed by atoms with E-state index in [2.05, 4.69) is 4.72 Å². The van der Waals surface area contributed by atoms with E-state index in [9.17, 15) is 13.2 Å². The highest BCUT2D eigenvalue weighted by molar-refractivity contribution is 7.89. The molecule has 1 N–H and O–H groups in total. The van der Waals surface area contributed by atoms with Crippen LogP contribution in [-0.4, -0.2) is 46.0 Å². The minimum absolute atomic E-state index is 0.0266. The number of rotatable bonds is 7. The van der Waals surface area contributed by atoms with E-state index in [0.717, 1.165) is 24.8 Å². The first-order chi connectivity index (χ1) is 13.9. The van der Waals surface area contributed by atoms with E-state index in [1.165, 1.54) is 19.2 Å². The van der Waals surface area contributed by atoms with Gasteiger partial charge in [-0.25, -0.2) is 13.1 Å². The van der Waals surface area contributed by atoms with Crippen LogP contribution in [-0.2, 0) is 10.0 Å². The Morgan fingerprint density at radius 1 is 1.10 bits per heavy atom. The zero-order chi connectivity index (χ0) is 20.9. The zero-order valence-corrected chi connectivity index (χ0v) is 17.7. The van der Waals surface area contributed by atoms with Crippen molar-refractivity contribution in [2.45, 2.75) is 37.0 Å². The quantitative estimate of drug-likeness (QED) is 0.751. The summed E-state index contributed by atoms with van der Waals surface area (Å²) in [5.41, 5.74) is 1.35. The fourth-order valence-electron chi connectivity index (χ4n) is 3.51. The second kappa shape index (κ2) is 9.41. The molecular formula is C22H28N2O4S. The molecule has 6 nitrogen and oxygen atoms in total. The Morgan fingerprint density at radius 3 is 2.45 bits per heavy atom. The normalized spacial score (nSPS) is 15.7. The lowest BCUT2D eigenvalue weighted by Gasteiger charge is -2.27. The molecular weight excluding hydrogens is 388 g/mol. The Balaban J connectivity index is 1.79. The molecule has 2 aromatic rings. The average molecular weight is 417 g/mol. The molecule has 1 saturated heterocycles. The number of nitrogens with one attached hydrogen (secondary N) is 1. The van der Waals surface area contributed by atoms with Crippen molar-refractivity contribution in [2.75, 3.05) is 26.7 Å². The predicted octanol–water partition coefficient (Wildman–Crippen LogP) is 3.40. The summed E-state index contributed by atoms with van der Waals surface area (Å²) in [6, 6.07) is 14.2. The van der Waals surface area contributed by atoms with Crippen molar-refractivity contribution in [1.29, 1.82) is 0 Å². The van der Waals surface area contributed by atoms with Crippen molar-refractivity contribution < 1.29 is 17.9 Å². The number of hydrogen-bond acceptors (Lipinski definition) is 4. The van der Waals surface area contributed by atoms with Crippen molar-refractivity contribution >= 4 is 15.9 Å². The molecule has 1 unspecified atom stereocenters. The summed E-state index contributed by atoms with van der Waals surface area (Å²) in [5, 5.41) is 0. The smallest absolute Gasteiger partial charge is 0.257 e. The van der Waals surface area contributed by atoms with Crippen LogP contribution in [0.2, 0.25) is 0 Å². The largest absolute Gasteiger partial charge is 0.496 e. The van der Waals surface area contributed by atoms with Crippen LogP contribution in [0.25, 0.3) is 0 Å². The molecule has 7 heteroatoms. The Bertz CT molecular complexity index is 939. The van der Waals surface area contributed by atoms with Gasteiger partial charge in [-0.05, 0) is 48.9 Å². The molecule has 1 atom stereocenters. The fraction of sp³-hybridized carbons (Fsp3) is 0.409. The average Bonchev–Trinajstić information content (AvgIpc) is 2.77. The van der Waals surface area contributed by atoms with Crippen LogP contribution < -0.4 is 9.46 Å². The van der Waals surface area contributed by atoms with Gasteiger partial charge in [0.15, 0.2) is 0 Å². The first-order valence-corrected chi connectivity index (χ1v) is 11.4. The first kappa shape index (κ1) is 21.3. The summed E-state index contributed by atoms with van der Waals surface area (Å²) < 4.78 is 33.7. The molecule has 156 valence electrons. The van der Waals surface area contributed by atoms with Crippen LogP contribution in [0.15, 0.2) is 53.4 Å². The van der Waals surface area contributed by atoms with Crippen molar-refractivity contribution in [3.63, 3.8) is 0 Å². The van der Waals surface area contributed by atoms with Crippen molar-refractivity contribution in [1.82, 2.24) is 9.62 Å². The summed E-state index contributed by atoms with van der Waals surface area (Å²) in [6.07, 6.45) is 3.04. The molecule has 0 aliphatic carbocycles. The van der Waals surface area contributed by atoms with Crippen molar-refractivity contribution in [2.24, 2.45) is 0 Å². The second-order valence-electron chi connectivity index (χ2n) is 7.38. The number of benzene rings is 2. The van der Waals surface area contributed by atoms with E-state index < -0.39 is 10.0 Å². The molecule has 1 amide bonds. The number of piperidine rings is 1. The van der Waals surface area contributed by atoms with Gasteiger partial charge in [0.25, 0.3) is 5.91 Å². The number of nitrogens with zero attached hydrogens (tertiary/aromatic N) is 1.